The van der Waals surface area contributed by atoms with Gasteiger partial charge in [-0.2, -0.15) is 0 Å². The molecule has 0 amide bonds. The number of aryl methyl sites for hydroxylation is 1. The Hall–Kier alpha value is -2.01. The molecule has 152 valence electrons. The predicted molar refractivity (Wildman–Crippen MR) is 101 cm³/mol. The second kappa shape index (κ2) is 7.78. The SMILES string of the molecule is N[n+]1ccc(C2CC2)c(NS(=O)(=O)CCc2ccc(Br)c(OC(F)(F)F)c2)c1. The quantitative estimate of drug-likeness (QED) is 0.470. The predicted octanol–water partition coefficient (Wildman–Crippen LogP) is 3.21. The number of ether oxygens (including phenoxy) is 1. The lowest BCUT2D eigenvalue weighted by atomic mass is 10.1. The number of alkyl halides is 3. The summed E-state index contributed by atoms with van der Waals surface area (Å²) in [6, 6.07) is 5.87. The highest BCUT2D eigenvalue weighted by molar-refractivity contribution is 9.10. The fourth-order valence-electron chi connectivity index (χ4n) is 2.74. The van der Waals surface area contributed by atoms with Crippen LogP contribution in [0.15, 0.2) is 41.1 Å². The van der Waals surface area contributed by atoms with Crippen LogP contribution in [0.3, 0.4) is 0 Å². The minimum atomic E-state index is -4.83. The largest absolute Gasteiger partial charge is 0.573 e. The van der Waals surface area contributed by atoms with E-state index < -0.39 is 22.1 Å². The van der Waals surface area contributed by atoms with E-state index in [0.717, 1.165) is 18.4 Å². The number of anilines is 1. The minimum absolute atomic E-state index is 0.0189. The highest BCUT2D eigenvalue weighted by Gasteiger charge is 2.32. The Balaban J connectivity index is 1.71. The summed E-state index contributed by atoms with van der Waals surface area (Å²) in [7, 11) is -3.73. The molecule has 0 spiro atoms. The highest BCUT2D eigenvalue weighted by Crippen LogP contribution is 2.43. The second-order valence-corrected chi connectivity index (χ2v) is 9.22. The van der Waals surface area contributed by atoms with E-state index in [1.807, 2.05) is 0 Å². The van der Waals surface area contributed by atoms with Gasteiger partial charge < -0.3 is 4.74 Å². The molecule has 0 atom stereocenters. The molecule has 0 radical (unpaired) electrons. The number of nitrogens with zero attached hydrogens (tertiary/aromatic N) is 1. The Morgan fingerprint density at radius 3 is 2.64 bits per heavy atom. The molecule has 0 unspecified atom stereocenters. The number of sulfonamides is 1. The van der Waals surface area contributed by atoms with Crippen LogP contribution in [0, 0.1) is 0 Å². The van der Waals surface area contributed by atoms with E-state index >= 15 is 0 Å². The van der Waals surface area contributed by atoms with Crippen LogP contribution < -0.4 is 20.0 Å². The number of benzene rings is 1. The number of nitrogens with one attached hydrogen (secondary N) is 1. The molecule has 3 N–H and O–H groups in total. The van der Waals surface area contributed by atoms with Crippen molar-refractivity contribution in [1.29, 1.82) is 0 Å². The smallest absolute Gasteiger partial charge is 0.405 e. The summed E-state index contributed by atoms with van der Waals surface area (Å²) in [5, 5.41) is 0. The topological polar surface area (TPSA) is 85.3 Å². The zero-order chi connectivity index (χ0) is 20.5. The first-order chi connectivity index (χ1) is 13.0. The van der Waals surface area contributed by atoms with E-state index in [2.05, 4.69) is 25.4 Å². The van der Waals surface area contributed by atoms with Crippen LogP contribution >= 0.6 is 15.9 Å². The lowest BCUT2D eigenvalue weighted by molar-refractivity contribution is -0.638. The number of pyridine rings is 1. The average molecular weight is 481 g/mol. The maximum absolute atomic E-state index is 12.5. The van der Waals surface area contributed by atoms with Crippen molar-refractivity contribution in [3.8, 4) is 5.75 Å². The van der Waals surface area contributed by atoms with E-state index in [1.165, 1.54) is 29.1 Å². The molecule has 1 fully saturated rings. The number of hydrogen-bond acceptors (Lipinski definition) is 4. The van der Waals surface area contributed by atoms with E-state index in [9.17, 15) is 21.6 Å². The Labute approximate surface area is 168 Å². The zero-order valence-electron chi connectivity index (χ0n) is 14.5. The molecule has 1 aromatic carbocycles. The van der Waals surface area contributed by atoms with Crippen LogP contribution in [0.1, 0.15) is 29.9 Å². The molecule has 28 heavy (non-hydrogen) atoms. The third kappa shape index (κ3) is 5.74. The molecule has 0 aliphatic heterocycles. The van der Waals surface area contributed by atoms with Crippen LogP contribution in [0.25, 0.3) is 0 Å². The van der Waals surface area contributed by atoms with Crippen molar-refractivity contribution in [2.75, 3.05) is 16.3 Å². The summed E-state index contributed by atoms with van der Waals surface area (Å²) in [4.78, 5) is 0. The average Bonchev–Trinajstić information content (AvgIpc) is 3.39. The Morgan fingerprint density at radius 1 is 1.29 bits per heavy atom. The molecule has 11 heteroatoms. The van der Waals surface area contributed by atoms with Gasteiger partial charge in [0.05, 0.1) is 10.2 Å². The lowest BCUT2D eigenvalue weighted by Crippen LogP contribution is -2.44. The van der Waals surface area contributed by atoms with Gasteiger partial charge in [-0.25, -0.2) is 14.3 Å². The van der Waals surface area contributed by atoms with Gasteiger partial charge in [0, 0.05) is 6.07 Å². The molecule has 6 nitrogen and oxygen atoms in total. The van der Waals surface area contributed by atoms with Crippen molar-refractivity contribution in [3.63, 3.8) is 0 Å². The summed E-state index contributed by atoms with van der Waals surface area (Å²) in [6.07, 6.45) is 0.313. The van der Waals surface area contributed by atoms with Crippen molar-refractivity contribution in [2.24, 2.45) is 0 Å². The van der Waals surface area contributed by atoms with Gasteiger partial charge in [0.25, 0.3) is 0 Å². The maximum atomic E-state index is 12.5. The summed E-state index contributed by atoms with van der Waals surface area (Å²) in [5.74, 6) is 5.28. The van der Waals surface area contributed by atoms with Crippen molar-refractivity contribution in [2.45, 2.75) is 31.5 Å². The van der Waals surface area contributed by atoms with E-state index in [1.54, 1.807) is 12.3 Å². The Morgan fingerprint density at radius 2 is 2.00 bits per heavy atom. The van der Waals surface area contributed by atoms with Crippen LogP contribution in [0.5, 0.6) is 5.75 Å². The number of aromatic nitrogens is 1. The van der Waals surface area contributed by atoms with Gasteiger partial charge in [0.2, 0.25) is 16.2 Å². The number of nitrogen functional groups attached to an aromatic ring is 1. The van der Waals surface area contributed by atoms with Gasteiger partial charge in [-0.15, -0.1) is 13.2 Å². The Bertz CT molecular complexity index is 979. The molecular formula is C17H18BrF3N3O3S+. The molecule has 1 saturated carbocycles. The van der Waals surface area contributed by atoms with Crippen molar-refractivity contribution >= 4 is 31.6 Å². The molecule has 0 saturated heterocycles. The third-order valence-corrected chi connectivity index (χ3v) is 6.11. The molecular weight excluding hydrogens is 463 g/mol. The number of rotatable bonds is 7. The molecule has 0 bridgehead atoms. The van der Waals surface area contributed by atoms with Crippen LogP contribution in [0.4, 0.5) is 18.9 Å². The van der Waals surface area contributed by atoms with Gasteiger partial charge in [0.15, 0.2) is 6.20 Å². The number of hydrogen-bond donors (Lipinski definition) is 2. The molecule has 1 heterocycles. The van der Waals surface area contributed by atoms with E-state index in [0.29, 0.717) is 17.2 Å². The second-order valence-electron chi connectivity index (χ2n) is 6.52. The fraction of sp³-hybridized carbons (Fsp3) is 0.353. The summed E-state index contributed by atoms with van der Waals surface area (Å²) in [5.41, 5.74) is 1.70. The van der Waals surface area contributed by atoms with Crippen LogP contribution in [0.2, 0.25) is 0 Å². The van der Waals surface area contributed by atoms with Crippen LogP contribution in [-0.4, -0.2) is 20.5 Å². The zero-order valence-corrected chi connectivity index (χ0v) is 16.9. The molecule has 1 aliphatic carbocycles. The monoisotopic (exact) mass is 480 g/mol. The van der Waals surface area contributed by atoms with E-state index in [4.69, 9.17) is 5.84 Å². The molecule has 2 aromatic rings. The molecule has 1 aliphatic rings. The first-order valence-corrected chi connectivity index (χ1v) is 10.8. The van der Waals surface area contributed by atoms with Crippen molar-refractivity contribution in [3.05, 3.63) is 52.3 Å². The standard InChI is InChI=1S/C17H18BrF3N3O3S/c18-14-4-1-11(9-16(14)27-17(19,20)21)6-8-28(25,26)23-15-10-24(22)7-5-13(15)12-2-3-12/h1,4-5,7,9-10,12,23H,2-3,6,8,22H2/q+1. The van der Waals surface area contributed by atoms with Gasteiger partial charge >= 0.3 is 6.36 Å². The Kier molecular flexibility index (Phi) is 5.76. The van der Waals surface area contributed by atoms with E-state index in [-0.39, 0.29) is 16.6 Å². The first kappa shape index (κ1) is 20.7. The summed E-state index contributed by atoms with van der Waals surface area (Å²) < 4.78 is 70.2. The lowest BCUT2D eigenvalue weighted by Gasteiger charge is -2.13. The van der Waals surface area contributed by atoms with Gasteiger partial charge in [-0.1, -0.05) is 10.7 Å². The molecule has 1 aromatic heterocycles. The van der Waals surface area contributed by atoms with Gasteiger partial charge in [0.1, 0.15) is 11.4 Å². The highest BCUT2D eigenvalue weighted by atomic mass is 79.9. The normalized spacial score (nSPS) is 14.7. The maximum Gasteiger partial charge on any atom is 0.573 e. The molecule has 3 rings (SSSR count). The summed E-state index contributed by atoms with van der Waals surface area (Å²) in [6.45, 7) is 0. The fourth-order valence-corrected chi connectivity index (χ4v) is 4.18. The minimum Gasteiger partial charge on any atom is -0.405 e. The van der Waals surface area contributed by atoms with Crippen molar-refractivity contribution in [1.82, 2.24) is 0 Å². The van der Waals surface area contributed by atoms with Gasteiger partial charge in [-0.3, -0.25) is 4.72 Å². The summed E-state index contributed by atoms with van der Waals surface area (Å²) >= 11 is 2.98. The van der Waals surface area contributed by atoms with Gasteiger partial charge in [-0.05, 0) is 64.4 Å². The first-order valence-electron chi connectivity index (χ1n) is 8.37. The third-order valence-electron chi connectivity index (χ3n) is 4.18. The number of halogens is 4. The number of nitrogens with two attached hydrogens (primary N) is 1. The van der Waals surface area contributed by atoms with Crippen LogP contribution in [-0.2, 0) is 16.4 Å². The van der Waals surface area contributed by atoms with Crippen molar-refractivity contribution < 1.29 is 31.0 Å².